The average molecular weight is 378 g/mol. The number of piperidine rings is 1. The van der Waals surface area contributed by atoms with Gasteiger partial charge >= 0.3 is 6.01 Å². The van der Waals surface area contributed by atoms with Crippen LogP contribution in [-0.2, 0) is 10.0 Å². The zero-order chi connectivity index (χ0) is 15.3. The largest absolute Gasteiger partial charge is 0.459 e. The van der Waals surface area contributed by atoms with E-state index in [-0.39, 0.29) is 17.9 Å². The first-order chi connectivity index (χ1) is 10.0. The molecule has 1 unspecified atom stereocenters. The lowest BCUT2D eigenvalue weighted by Crippen LogP contribution is -2.45. The molecule has 2 rings (SSSR count). The molecule has 0 aromatic carbocycles. The van der Waals surface area contributed by atoms with E-state index in [2.05, 4.69) is 25.9 Å². The lowest BCUT2D eigenvalue weighted by molar-refractivity contribution is 0.119. The molecule has 0 saturated carbocycles. The van der Waals surface area contributed by atoms with Crippen LogP contribution in [0, 0.1) is 0 Å². The van der Waals surface area contributed by atoms with Crippen LogP contribution in [0.4, 0.5) is 0 Å². The Morgan fingerprint density at radius 3 is 2.81 bits per heavy atom. The number of ether oxygens (including phenoxy) is 1. The van der Waals surface area contributed by atoms with Gasteiger partial charge in [0.2, 0.25) is 10.0 Å². The molecule has 0 aliphatic carbocycles. The maximum atomic E-state index is 12.2. The fourth-order valence-electron chi connectivity index (χ4n) is 2.22. The number of halogens is 1. The molecule has 8 heteroatoms. The summed E-state index contributed by atoms with van der Waals surface area (Å²) in [4.78, 5) is 8.12. The summed E-state index contributed by atoms with van der Waals surface area (Å²) in [6.45, 7) is 2.95. The summed E-state index contributed by atoms with van der Waals surface area (Å²) in [5.74, 6) is 0.213. The van der Waals surface area contributed by atoms with E-state index in [1.54, 1.807) is 12.4 Å². The van der Waals surface area contributed by atoms with Crippen molar-refractivity contribution < 1.29 is 13.2 Å². The summed E-state index contributed by atoms with van der Waals surface area (Å²) in [5.41, 5.74) is 0. The molecule has 0 N–H and O–H groups in total. The Bertz CT molecular complexity index is 550. The summed E-state index contributed by atoms with van der Waals surface area (Å²) >= 11 is 3.26. The average Bonchev–Trinajstić information content (AvgIpc) is 2.48. The van der Waals surface area contributed by atoms with Crippen molar-refractivity contribution in [2.45, 2.75) is 38.7 Å². The van der Waals surface area contributed by atoms with Gasteiger partial charge in [-0.25, -0.2) is 18.4 Å². The van der Waals surface area contributed by atoms with Crippen molar-refractivity contribution in [3.8, 4) is 6.01 Å². The molecule has 1 fully saturated rings. The molecule has 0 radical (unpaired) electrons. The minimum absolute atomic E-state index is 0.184. The van der Waals surface area contributed by atoms with Crippen LogP contribution in [0.3, 0.4) is 0 Å². The number of hydrogen-bond donors (Lipinski definition) is 0. The smallest absolute Gasteiger partial charge is 0.316 e. The Morgan fingerprint density at radius 2 is 2.14 bits per heavy atom. The van der Waals surface area contributed by atoms with Gasteiger partial charge in [-0.05, 0) is 35.2 Å². The van der Waals surface area contributed by atoms with Gasteiger partial charge in [-0.3, -0.25) is 0 Å². The van der Waals surface area contributed by atoms with Crippen molar-refractivity contribution in [1.29, 1.82) is 0 Å². The van der Waals surface area contributed by atoms with Crippen LogP contribution >= 0.6 is 15.9 Å². The summed E-state index contributed by atoms with van der Waals surface area (Å²) in [6, 6.07) is 0.288. The van der Waals surface area contributed by atoms with Crippen LogP contribution < -0.4 is 4.74 Å². The van der Waals surface area contributed by atoms with Gasteiger partial charge in [0, 0.05) is 18.9 Å². The van der Waals surface area contributed by atoms with Gasteiger partial charge in [-0.2, -0.15) is 4.31 Å². The SMILES string of the molecule is CCCCS(=O)(=O)N1CCCC(Oc2ncc(Br)cn2)C1. The maximum absolute atomic E-state index is 12.2. The van der Waals surface area contributed by atoms with Crippen LogP contribution in [0.2, 0.25) is 0 Å². The van der Waals surface area contributed by atoms with Crippen molar-refractivity contribution in [3.05, 3.63) is 16.9 Å². The summed E-state index contributed by atoms with van der Waals surface area (Å²) in [6.07, 6.45) is 6.23. The Kier molecular flexibility index (Phi) is 5.95. The highest BCUT2D eigenvalue weighted by atomic mass is 79.9. The molecule has 118 valence electrons. The van der Waals surface area contributed by atoms with Crippen LogP contribution in [0.1, 0.15) is 32.6 Å². The number of rotatable bonds is 6. The van der Waals surface area contributed by atoms with E-state index in [4.69, 9.17) is 4.74 Å². The Labute approximate surface area is 134 Å². The standard InChI is InChI=1S/C13H20BrN3O3S/c1-2-3-7-21(18,19)17-6-4-5-12(10-17)20-13-15-8-11(14)9-16-13/h8-9,12H,2-7,10H2,1H3. The minimum atomic E-state index is -3.17. The van der Waals surface area contributed by atoms with E-state index >= 15 is 0 Å². The minimum Gasteiger partial charge on any atom is -0.459 e. The maximum Gasteiger partial charge on any atom is 0.316 e. The highest BCUT2D eigenvalue weighted by molar-refractivity contribution is 9.10. The van der Waals surface area contributed by atoms with E-state index < -0.39 is 10.0 Å². The number of hydrogen-bond acceptors (Lipinski definition) is 5. The van der Waals surface area contributed by atoms with E-state index in [0.29, 0.717) is 19.5 Å². The third kappa shape index (κ3) is 4.89. The first-order valence-electron chi connectivity index (χ1n) is 7.13. The van der Waals surface area contributed by atoms with Crippen LogP contribution in [-0.4, -0.2) is 47.6 Å². The van der Waals surface area contributed by atoms with E-state index in [9.17, 15) is 8.42 Å². The lowest BCUT2D eigenvalue weighted by Gasteiger charge is -2.31. The van der Waals surface area contributed by atoms with E-state index in [1.807, 2.05) is 6.92 Å². The van der Waals surface area contributed by atoms with E-state index in [0.717, 1.165) is 23.7 Å². The van der Waals surface area contributed by atoms with Crippen molar-refractivity contribution in [3.63, 3.8) is 0 Å². The van der Waals surface area contributed by atoms with Gasteiger partial charge < -0.3 is 4.74 Å². The Morgan fingerprint density at radius 1 is 1.43 bits per heavy atom. The van der Waals surface area contributed by atoms with E-state index in [1.165, 1.54) is 4.31 Å². The molecule has 1 atom stereocenters. The number of sulfonamides is 1. The molecule has 1 aliphatic heterocycles. The molecule has 1 aromatic rings. The Balaban J connectivity index is 1.95. The topological polar surface area (TPSA) is 72.4 Å². The Hall–Kier alpha value is -0.730. The monoisotopic (exact) mass is 377 g/mol. The fourth-order valence-corrected chi connectivity index (χ4v) is 4.14. The molecular weight excluding hydrogens is 358 g/mol. The highest BCUT2D eigenvalue weighted by Gasteiger charge is 2.29. The summed E-state index contributed by atoms with van der Waals surface area (Å²) in [7, 11) is -3.17. The van der Waals surface area contributed by atoms with Crippen molar-refractivity contribution >= 4 is 26.0 Å². The lowest BCUT2D eigenvalue weighted by atomic mass is 10.1. The second-order valence-electron chi connectivity index (χ2n) is 5.09. The van der Waals surface area contributed by atoms with Gasteiger partial charge in [0.1, 0.15) is 6.10 Å². The normalized spacial score (nSPS) is 20.4. The second kappa shape index (κ2) is 7.51. The fraction of sp³-hybridized carbons (Fsp3) is 0.692. The van der Waals surface area contributed by atoms with Crippen molar-refractivity contribution in [1.82, 2.24) is 14.3 Å². The van der Waals surface area contributed by atoms with Crippen LogP contribution in [0.25, 0.3) is 0 Å². The third-order valence-electron chi connectivity index (χ3n) is 3.36. The van der Waals surface area contributed by atoms with Gasteiger partial charge in [0.05, 0.1) is 16.8 Å². The molecule has 21 heavy (non-hydrogen) atoms. The molecule has 1 aliphatic rings. The number of unbranched alkanes of at least 4 members (excludes halogenated alkanes) is 1. The molecule has 0 spiro atoms. The van der Waals surface area contributed by atoms with Gasteiger partial charge in [-0.15, -0.1) is 0 Å². The summed E-state index contributed by atoms with van der Waals surface area (Å²) in [5, 5.41) is 0. The predicted octanol–water partition coefficient (Wildman–Crippen LogP) is 2.21. The zero-order valence-corrected chi connectivity index (χ0v) is 14.4. The molecule has 1 aromatic heterocycles. The molecule has 0 bridgehead atoms. The van der Waals surface area contributed by atoms with Crippen LogP contribution in [0.15, 0.2) is 16.9 Å². The molecule has 6 nitrogen and oxygen atoms in total. The molecule has 1 saturated heterocycles. The molecule has 2 heterocycles. The summed E-state index contributed by atoms with van der Waals surface area (Å²) < 4.78 is 32.4. The molecule has 0 amide bonds. The third-order valence-corrected chi connectivity index (χ3v) is 5.69. The predicted molar refractivity (Wildman–Crippen MR) is 83.6 cm³/mol. The molecular formula is C13H20BrN3O3S. The number of nitrogens with zero attached hydrogens (tertiary/aromatic N) is 3. The van der Waals surface area contributed by atoms with Gasteiger partial charge in [-0.1, -0.05) is 13.3 Å². The highest BCUT2D eigenvalue weighted by Crippen LogP contribution is 2.19. The van der Waals surface area contributed by atoms with Crippen molar-refractivity contribution in [2.75, 3.05) is 18.8 Å². The first kappa shape index (κ1) is 16.6. The van der Waals surface area contributed by atoms with Crippen molar-refractivity contribution in [2.24, 2.45) is 0 Å². The van der Waals surface area contributed by atoms with Crippen LogP contribution in [0.5, 0.6) is 6.01 Å². The van der Waals surface area contributed by atoms with Gasteiger partial charge in [0.15, 0.2) is 0 Å². The zero-order valence-electron chi connectivity index (χ0n) is 12.0. The quantitative estimate of drug-likeness (QED) is 0.759. The van der Waals surface area contributed by atoms with Gasteiger partial charge in [0.25, 0.3) is 0 Å². The first-order valence-corrected chi connectivity index (χ1v) is 9.53. The number of aromatic nitrogens is 2. The second-order valence-corrected chi connectivity index (χ2v) is 8.10.